The Morgan fingerprint density at radius 1 is 1.36 bits per heavy atom. The number of thiophene rings is 1. The molecule has 0 N–H and O–H groups in total. The maximum atomic E-state index is 12.8. The third kappa shape index (κ3) is 2.81. The first-order valence-corrected chi connectivity index (χ1v) is 9.63. The van der Waals surface area contributed by atoms with E-state index in [-0.39, 0.29) is 12.1 Å². The maximum Gasteiger partial charge on any atom is 0.345 e. The van der Waals surface area contributed by atoms with Gasteiger partial charge in [-0.2, -0.15) is 5.06 Å². The van der Waals surface area contributed by atoms with Gasteiger partial charge in [0.15, 0.2) is 6.04 Å². The number of carbonyl (C=O) groups is 2. The van der Waals surface area contributed by atoms with Crippen molar-refractivity contribution in [3.63, 3.8) is 0 Å². The highest BCUT2D eigenvalue weighted by molar-refractivity contribution is 14.1. The van der Waals surface area contributed by atoms with Crippen LogP contribution in [0.2, 0.25) is 0 Å². The highest BCUT2D eigenvalue weighted by Crippen LogP contribution is 2.48. The van der Waals surface area contributed by atoms with E-state index in [1.165, 1.54) is 28.4 Å². The number of hydrogen-bond donors (Lipinski definition) is 0. The molecule has 130 valence electrons. The number of amides is 2. The molecule has 1 saturated heterocycles. The molecule has 6 nitrogen and oxygen atoms in total. The van der Waals surface area contributed by atoms with E-state index in [2.05, 4.69) is 22.6 Å². The Balaban J connectivity index is 1.64. The van der Waals surface area contributed by atoms with Gasteiger partial charge in [0, 0.05) is 4.88 Å². The molecule has 1 aromatic heterocycles. The Bertz CT molecular complexity index is 825. The predicted octanol–water partition coefficient (Wildman–Crippen LogP) is 3.49. The van der Waals surface area contributed by atoms with E-state index in [0.717, 1.165) is 18.9 Å². The van der Waals surface area contributed by atoms with Gasteiger partial charge in [0.25, 0.3) is 0 Å². The summed E-state index contributed by atoms with van der Waals surface area (Å²) in [7, 11) is 1.34. The van der Waals surface area contributed by atoms with Crippen LogP contribution in [0.4, 0.5) is 4.79 Å². The van der Waals surface area contributed by atoms with Crippen LogP contribution in [0, 0.1) is 2.88 Å². The summed E-state index contributed by atoms with van der Waals surface area (Å²) in [5.74, 6) is -0.420. The van der Waals surface area contributed by atoms with Crippen molar-refractivity contribution >= 4 is 45.9 Å². The van der Waals surface area contributed by atoms with Crippen LogP contribution in [0.15, 0.2) is 36.4 Å². The molecule has 3 heterocycles. The SMILES string of the molecule is COC(=O)C1c2sc(I)cc2C2CN1C(=O)N2OCc1ccccc1. The molecule has 25 heavy (non-hydrogen) atoms. The zero-order valence-corrected chi connectivity index (χ0v) is 16.3. The van der Waals surface area contributed by atoms with Gasteiger partial charge in [0.1, 0.15) is 12.6 Å². The summed E-state index contributed by atoms with van der Waals surface area (Å²) < 4.78 is 6.00. The van der Waals surface area contributed by atoms with Crippen LogP contribution in [0.1, 0.15) is 28.1 Å². The van der Waals surface area contributed by atoms with Crippen molar-refractivity contribution in [3.8, 4) is 0 Å². The summed E-state index contributed by atoms with van der Waals surface area (Å²) in [6.07, 6.45) is 0. The Kier molecular flexibility index (Phi) is 4.42. The topological polar surface area (TPSA) is 59.1 Å². The van der Waals surface area contributed by atoms with Crippen LogP contribution >= 0.6 is 33.9 Å². The molecule has 2 aliphatic heterocycles. The van der Waals surface area contributed by atoms with Crippen molar-refractivity contribution < 1.29 is 19.2 Å². The van der Waals surface area contributed by atoms with Gasteiger partial charge in [-0.25, -0.2) is 9.59 Å². The minimum absolute atomic E-state index is 0.202. The van der Waals surface area contributed by atoms with Crippen molar-refractivity contribution in [1.29, 1.82) is 0 Å². The average Bonchev–Trinajstić information content (AvgIpc) is 3.14. The zero-order chi connectivity index (χ0) is 17.6. The first-order valence-electron chi connectivity index (χ1n) is 7.73. The van der Waals surface area contributed by atoms with Gasteiger partial charge >= 0.3 is 12.0 Å². The van der Waals surface area contributed by atoms with Crippen LogP contribution in [0.3, 0.4) is 0 Å². The lowest BCUT2D eigenvalue weighted by molar-refractivity contribution is -0.146. The van der Waals surface area contributed by atoms with Crippen LogP contribution in [0.5, 0.6) is 0 Å². The fourth-order valence-electron chi connectivity index (χ4n) is 3.25. The number of methoxy groups -OCH3 is 1. The van der Waals surface area contributed by atoms with Gasteiger partial charge in [0.2, 0.25) is 0 Å². The summed E-state index contributed by atoms with van der Waals surface area (Å²) >= 11 is 3.75. The minimum atomic E-state index is -0.692. The summed E-state index contributed by atoms with van der Waals surface area (Å²) in [5, 5.41) is 1.40. The second-order valence-corrected chi connectivity index (χ2v) is 8.81. The number of urea groups is 1. The lowest BCUT2D eigenvalue weighted by Gasteiger charge is -2.28. The second kappa shape index (κ2) is 6.58. The molecule has 8 heteroatoms. The normalized spacial score (nSPS) is 21.4. The smallest absolute Gasteiger partial charge is 0.345 e. The number of nitrogens with zero attached hydrogens (tertiary/aromatic N) is 2. The number of esters is 1. The molecule has 0 saturated carbocycles. The molecule has 0 spiro atoms. The minimum Gasteiger partial charge on any atom is -0.467 e. The first-order chi connectivity index (χ1) is 12.1. The fraction of sp³-hybridized carbons (Fsp3) is 0.294. The van der Waals surface area contributed by atoms with Gasteiger partial charge in [-0.05, 0) is 39.8 Å². The van der Waals surface area contributed by atoms with Crippen LogP contribution < -0.4 is 0 Å². The fourth-order valence-corrected chi connectivity index (χ4v) is 5.34. The van der Waals surface area contributed by atoms with Crippen molar-refractivity contribution in [2.75, 3.05) is 13.7 Å². The average molecular weight is 470 g/mol. The molecule has 2 amide bonds. The van der Waals surface area contributed by atoms with Gasteiger partial charge in [-0.3, -0.25) is 4.84 Å². The van der Waals surface area contributed by atoms with Crippen molar-refractivity contribution in [1.82, 2.24) is 9.96 Å². The largest absolute Gasteiger partial charge is 0.467 e. The number of ether oxygens (including phenoxy) is 1. The Morgan fingerprint density at radius 3 is 2.84 bits per heavy atom. The van der Waals surface area contributed by atoms with Gasteiger partial charge in [0.05, 0.1) is 16.5 Å². The summed E-state index contributed by atoms with van der Waals surface area (Å²) in [6, 6.07) is 10.5. The van der Waals surface area contributed by atoms with E-state index in [1.54, 1.807) is 0 Å². The summed E-state index contributed by atoms with van der Waals surface area (Å²) in [4.78, 5) is 33.3. The highest BCUT2D eigenvalue weighted by Gasteiger charge is 2.52. The van der Waals surface area contributed by atoms with Crippen molar-refractivity contribution in [3.05, 3.63) is 55.3 Å². The molecule has 2 atom stereocenters. The molecular weight excluding hydrogens is 455 g/mol. The third-order valence-corrected chi connectivity index (χ3v) is 6.37. The molecule has 1 fully saturated rings. The van der Waals surface area contributed by atoms with E-state index in [9.17, 15) is 9.59 Å². The number of halogens is 1. The molecule has 4 rings (SSSR count). The lowest BCUT2D eigenvalue weighted by atomic mass is 10.00. The van der Waals surface area contributed by atoms with Crippen LogP contribution in [0.25, 0.3) is 0 Å². The molecule has 0 aliphatic carbocycles. The lowest BCUT2D eigenvalue weighted by Crippen LogP contribution is -2.38. The standard InChI is InChI=1S/C17H15IN2O4S/c1-23-16(21)14-15-11(7-13(18)25-15)12-8-19(14)17(22)20(12)24-9-10-5-3-2-4-6-10/h2-7,12,14H,8-9H2,1H3. The Morgan fingerprint density at radius 2 is 2.12 bits per heavy atom. The summed E-state index contributed by atoms with van der Waals surface area (Å²) in [6.45, 7) is 0.726. The highest BCUT2D eigenvalue weighted by atomic mass is 127. The Labute approximate surface area is 162 Å². The monoisotopic (exact) mass is 470 g/mol. The number of rotatable bonds is 4. The maximum absolute atomic E-state index is 12.8. The van der Waals surface area contributed by atoms with E-state index in [0.29, 0.717) is 13.2 Å². The second-order valence-electron chi connectivity index (χ2n) is 5.83. The quantitative estimate of drug-likeness (QED) is 0.507. The van der Waals surface area contributed by atoms with Crippen molar-refractivity contribution in [2.45, 2.75) is 18.7 Å². The van der Waals surface area contributed by atoms with Crippen LogP contribution in [-0.4, -0.2) is 35.6 Å². The molecule has 2 aliphatic rings. The van der Waals surface area contributed by atoms with Gasteiger partial charge in [-0.1, -0.05) is 30.3 Å². The van der Waals surface area contributed by atoms with Gasteiger partial charge < -0.3 is 9.64 Å². The van der Waals surface area contributed by atoms with E-state index < -0.39 is 12.0 Å². The first kappa shape index (κ1) is 16.8. The molecular formula is C17H15IN2O4S. The number of fused-ring (bicyclic) bond motifs is 4. The molecule has 1 aromatic carbocycles. The zero-order valence-electron chi connectivity index (χ0n) is 13.3. The van der Waals surface area contributed by atoms with Crippen LogP contribution in [-0.2, 0) is 21.0 Å². The predicted molar refractivity (Wildman–Crippen MR) is 99.7 cm³/mol. The molecule has 2 unspecified atom stereocenters. The van der Waals surface area contributed by atoms with Crippen molar-refractivity contribution in [2.24, 2.45) is 0 Å². The van der Waals surface area contributed by atoms with E-state index in [4.69, 9.17) is 9.57 Å². The number of benzene rings is 1. The summed E-state index contributed by atoms with van der Waals surface area (Å²) in [5.41, 5.74) is 1.95. The van der Waals surface area contributed by atoms with E-state index in [1.807, 2.05) is 36.4 Å². The Hall–Kier alpha value is -1.65. The third-order valence-electron chi connectivity index (χ3n) is 4.40. The molecule has 0 radical (unpaired) electrons. The van der Waals surface area contributed by atoms with E-state index >= 15 is 0 Å². The molecule has 2 bridgehead atoms. The number of hydroxylamine groups is 2. The number of carbonyl (C=O) groups excluding carboxylic acids is 2. The van der Waals surface area contributed by atoms with Gasteiger partial charge in [-0.15, -0.1) is 11.3 Å². The molecule has 2 aromatic rings. The number of hydrogen-bond acceptors (Lipinski definition) is 5.